The molecule has 0 bridgehead atoms. The van der Waals surface area contributed by atoms with E-state index in [1.165, 1.54) is 0 Å². The highest BCUT2D eigenvalue weighted by Crippen LogP contribution is 2.12. The van der Waals surface area contributed by atoms with Gasteiger partial charge < -0.3 is 4.74 Å². The van der Waals surface area contributed by atoms with Gasteiger partial charge >= 0.3 is 5.97 Å². The minimum absolute atomic E-state index is 0.00247. The van der Waals surface area contributed by atoms with Gasteiger partial charge in [-0.15, -0.1) is 0 Å². The molecule has 0 saturated carbocycles. The summed E-state index contributed by atoms with van der Waals surface area (Å²) < 4.78 is 5.12. The van der Waals surface area contributed by atoms with Crippen LogP contribution in [0.3, 0.4) is 0 Å². The average molecular weight is 254 g/mol. The summed E-state index contributed by atoms with van der Waals surface area (Å²) in [6, 6.07) is 7.31. The number of ether oxygens (including phenoxy) is 1. The predicted octanol–water partition coefficient (Wildman–Crippen LogP) is 3.10. The van der Waals surface area contributed by atoms with E-state index in [0.717, 1.165) is 5.56 Å². The van der Waals surface area contributed by atoms with Gasteiger partial charge in [0, 0.05) is 16.8 Å². The molecule has 0 saturated heterocycles. The molecule has 0 radical (unpaired) electrons. The molecule has 4 heteroatoms. The summed E-state index contributed by atoms with van der Waals surface area (Å²) in [7, 11) is 0. The maximum Gasteiger partial charge on any atom is 0.328 e. The zero-order valence-electron chi connectivity index (χ0n) is 10.2. The molecule has 1 rings (SSSR count). The first kappa shape index (κ1) is 13.7. The topological polar surface area (TPSA) is 38.7 Å². The van der Waals surface area contributed by atoms with Gasteiger partial charge in [0.15, 0.2) is 0 Å². The number of halogens is 1. The van der Waals surface area contributed by atoms with Crippen LogP contribution in [-0.2, 0) is 9.53 Å². The van der Waals surface area contributed by atoms with Crippen LogP contribution in [0.5, 0.6) is 0 Å². The molecule has 0 unspecified atom stereocenters. The van der Waals surface area contributed by atoms with Crippen molar-refractivity contribution in [3.8, 4) is 0 Å². The third-order valence-corrected chi connectivity index (χ3v) is 2.12. The lowest BCUT2D eigenvalue weighted by Gasteiger charge is -2.18. The van der Waals surface area contributed by atoms with Gasteiger partial charge in [0.25, 0.3) is 0 Å². The van der Waals surface area contributed by atoms with Gasteiger partial charge in [-0.3, -0.25) is 9.79 Å². The Morgan fingerprint density at radius 2 is 2.06 bits per heavy atom. The van der Waals surface area contributed by atoms with E-state index in [2.05, 4.69) is 4.99 Å². The third kappa shape index (κ3) is 5.50. The smallest absolute Gasteiger partial charge is 0.328 e. The van der Waals surface area contributed by atoms with Crippen LogP contribution in [0, 0.1) is 0 Å². The van der Waals surface area contributed by atoms with Crippen molar-refractivity contribution in [1.82, 2.24) is 0 Å². The first-order chi connectivity index (χ1) is 7.88. The molecule has 0 heterocycles. The number of rotatable bonds is 3. The van der Waals surface area contributed by atoms with E-state index in [0.29, 0.717) is 5.02 Å². The Balaban J connectivity index is 2.51. The predicted molar refractivity (Wildman–Crippen MR) is 69.8 cm³/mol. The molecule has 1 aromatic carbocycles. The summed E-state index contributed by atoms with van der Waals surface area (Å²) >= 11 is 5.94. The molecule has 0 spiro atoms. The van der Waals surface area contributed by atoms with Crippen LogP contribution >= 0.6 is 11.6 Å². The molecule has 17 heavy (non-hydrogen) atoms. The second-order valence-corrected chi connectivity index (χ2v) is 4.98. The number of carbonyl (C=O) groups is 1. The average Bonchev–Trinajstić information content (AvgIpc) is 2.18. The van der Waals surface area contributed by atoms with E-state index in [4.69, 9.17) is 16.3 Å². The summed E-state index contributed by atoms with van der Waals surface area (Å²) in [6.07, 6.45) is 1.58. The van der Waals surface area contributed by atoms with E-state index in [-0.39, 0.29) is 12.5 Å². The Kier molecular flexibility index (Phi) is 4.70. The SMILES string of the molecule is CC(C)(C)OC(=O)C/N=C/c1ccccc1Cl. The van der Waals surface area contributed by atoms with Crippen molar-refractivity contribution < 1.29 is 9.53 Å². The Bertz CT molecular complexity index is 422. The lowest BCUT2D eigenvalue weighted by atomic mass is 10.2. The number of nitrogens with zero attached hydrogens (tertiary/aromatic N) is 1. The van der Waals surface area contributed by atoms with Gasteiger partial charge in [-0.25, -0.2) is 0 Å². The highest BCUT2D eigenvalue weighted by molar-refractivity contribution is 6.33. The van der Waals surface area contributed by atoms with E-state index >= 15 is 0 Å². The van der Waals surface area contributed by atoms with Gasteiger partial charge in [0.1, 0.15) is 12.1 Å². The number of esters is 1. The molecule has 0 N–H and O–H groups in total. The number of hydrogen-bond acceptors (Lipinski definition) is 3. The van der Waals surface area contributed by atoms with Gasteiger partial charge in [0.05, 0.1) is 0 Å². The van der Waals surface area contributed by atoms with Crippen molar-refractivity contribution in [2.45, 2.75) is 26.4 Å². The van der Waals surface area contributed by atoms with E-state index in [9.17, 15) is 4.79 Å². The molecule has 3 nitrogen and oxygen atoms in total. The molecule has 1 aromatic rings. The van der Waals surface area contributed by atoms with Crippen LogP contribution in [-0.4, -0.2) is 24.3 Å². The molecule has 0 amide bonds. The van der Waals surface area contributed by atoms with E-state index < -0.39 is 5.60 Å². The molecule has 0 fully saturated rings. The molecule has 0 aromatic heterocycles. The van der Waals surface area contributed by atoms with Gasteiger partial charge in [0.2, 0.25) is 0 Å². The molecule has 0 aliphatic heterocycles. The number of benzene rings is 1. The fourth-order valence-corrected chi connectivity index (χ4v) is 1.36. The van der Waals surface area contributed by atoms with E-state index in [1.54, 1.807) is 12.3 Å². The Hall–Kier alpha value is -1.35. The maximum absolute atomic E-state index is 11.4. The van der Waals surface area contributed by atoms with Gasteiger partial charge in [-0.05, 0) is 26.8 Å². The Labute approximate surface area is 106 Å². The van der Waals surface area contributed by atoms with Gasteiger partial charge in [-0.2, -0.15) is 0 Å². The first-order valence-corrected chi connectivity index (χ1v) is 5.72. The van der Waals surface area contributed by atoms with Crippen molar-refractivity contribution in [2.24, 2.45) is 4.99 Å². The lowest BCUT2D eigenvalue weighted by molar-refractivity contribution is -0.152. The Morgan fingerprint density at radius 3 is 2.65 bits per heavy atom. The van der Waals surface area contributed by atoms with Crippen LogP contribution in [0.25, 0.3) is 0 Å². The minimum atomic E-state index is -0.475. The third-order valence-electron chi connectivity index (χ3n) is 1.78. The summed E-state index contributed by atoms with van der Waals surface area (Å²) in [5.74, 6) is -0.346. The number of carbonyl (C=O) groups excluding carboxylic acids is 1. The molecule has 0 aliphatic carbocycles. The fourth-order valence-electron chi connectivity index (χ4n) is 1.17. The summed E-state index contributed by atoms with van der Waals surface area (Å²) in [5.41, 5.74) is 0.314. The van der Waals surface area contributed by atoms with Crippen LogP contribution < -0.4 is 0 Å². The van der Waals surface area contributed by atoms with Crippen LogP contribution in [0.15, 0.2) is 29.3 Å². The number of aliphatic imine (C=N–C) groups is 1. The fraction of sp³-hybridized carbons (Fsp3) is 0.385. The lowest BCUT2D eigenvalue weighted by Crippen LogP contribution is -2.25. The summed E-state index contributed by atoms with van der Waals surface area (Å²) in [6.45, 7) is 5.47. The maximum atomic E-state index is 11.4. The second-order valence-electron chi connectivity index (χ2n) is 4.58. The van der Waals surface area contributed by atoms with Gasteiger partial charge in [-0.1, -0.05) is 29.8 Å². The summed E-state index contributed by atoms with van der Waals surface area (Å²) in [5, 5.41) is 0.612. The first-order valence-electron chi connectivity index (χ1n) is 5.35. The van der Waals surface area contributed by atoms with Crippen LogP contribution in [0.4, 0.5) is 0 Å². The quantitative estimate of drug-likeness (QED) is 0.613. The largest absolute Gasteiger partial charge is 0.459 e. The minimum Gasteiger partial charge on any atom is -0.459 e. The Morgan fingerprint density at radius 1 is 1.41 bits per heavy atom. The summed E-state index contributed by atoms with van der Waals surface area (Å²) in [4.78, 5) is 15.4. The van der Waals surface area contributed by atoms with Crippen molar-refractivity contribution in [2.75, 3.05) is 6.54 Å². The van der Waals surface area contributed by atoms with Crippen LogP contribution in [0.1, 0.15) is 26.3 Å². The van der Waals surface area contributed by atoms with Crippen molar-refractivity contribution in [3.05, 3.63) is 34.9 Å². The van der Waals surface area contributed by atoms with Crippen molar-refractivity contribution >= 4 is 23.8 Å². The highest BCUT2D eigenvalue weighted by atomic mass is 35.5. The van der Waals surface area contributed by atoms with Crippen molar-refractivity contribution in [3.63, 3.8) is 0 Å². The van der Waals surface area contributed by atoms with Crippen LogP contribution in [0.2, 0.25) is 5.02 Å². The molecule has 0 atom stereocenters. The zero-order chi connectivity index (χ0) is 12.9. The van der Waals surface area contributed by atoms with E-state index in [1.807, 2.05) is 39.0 Å². The van der Waals surface area contributed by atoms with Crippen molar-refractivity contribution in [1.29, 1.82) is 0 Å². The molecule has 0 aliphatic rings. The number of hydrogen-bond donors (Lipinski definition) is 0. The standard InChI is InChI=1S/C13H16ClNO2/c1-13(2,3)17-12(16)9-15-8-10-6-4-5-7-11(10)14/h4-8H,9H2,1-3H3/b15-8+. The monoisotopic (exact) mass is 253 g/mol. The molecular weight excluding hydrogens is 238 g/mol. The normalized spacial score (nSPS) is 11.8. The molecular formula is C13H16ClNO2. The zero-order valence-corrected chi connectivity index (χ0v) is 11.0. The highest BCUT2D eigenvalue weighted by Gasteiger charge is 2.15. The second kappa shape index (κ2) is 5.82. The molecule has 92 valence electrons.